The van der Waals surface area contributed by atoms with Crippen LogP contribution in [-0.4, -0.2) is 20.7 Å². The first-order valence-corrected chi connectivity index (χ1v) is 13.2. The van der Waals surface area contributed by atoms with Gasteiger partial charge in [-0.25, -0.2) is 21.9 Å². The summed E-state index contributed by atoms with van der Waals surface area (Å²) >= 11 is 0. The van der Waals surface area contributed by atoms with Crippen molar-refractivity contribution < 1.29 is 21.9 Å². The lowest BCUT2D eigenvalue weighted by molar-refractivity contribution is 0.291. The summed E-state index contributed by atoms with van der Waals surface area (Å²) in [5.41, 5.74) is 2.33. The molecule has 0 aliphatic heterocycles. The Bertz CT molecular complexity index is 1260. The fourth-order valence-corrected chi connectivity index (χ4v) is 5.67. The normalized spacial score (nSPS) is 20.4. The maximum absolute atomic E-state index is 14.9. The highest BCUT2D eigenvalue weighted by Crippen LogP contribution is 2.42. The maximum atomic E-state index is 14.9. The molecule has 1 fully saturated rings. The Morgan fingerprint density at radius 2 is 1.74 bits per heavy atom. The predicted molar refractivity (Wildman–Crippen MR) is 130 cm³/mol. The van der Waals surface area contributed by atoms with Gasteiger partial charge in [-0.3, -0.25) is 0 Å². The molecule has 3 aromatic rings. The second-order valence-electron chi connectivity index (χ2n) is 9.52. The summed E-state index contributed by atoms with van der Waals surface area (Å²) in [4.78, 5) is 0. The molecule has 0 amide bonds. The predicted octanol–water partition coefficient (Wildman–Crippen LogP) is 5.86. The molecule has 0 aromatic heterocycles. The zero-order valence-electron chi connectivity index (χ0n) is 19.4. The summed E-state index contributed by atoms with van der Waals surface area (Å²) in [6.07, 6.45) is 4.17. The number of halogens is 2. The Balaban J connectivity index is 1.58. The monoisotopic (exact) mass is 485 g/mol. The van der Waals surface area contributed by atoms with Crippen LogP contribution in [0.1, 0.15) is 37.3 Å². The van der Waals surface area contributed by atoms with Crippen LogP contribution in [0, 0.1) is 17.0 Å². The average Bonchev–Trinajstić information content (AvgIpc) is 3.13. The molecule has 4 nitrogen and oxygen atoms in total. The lowest BCUT2D eigenvalue weighted by Crippen LogP contribution is -2.33. The molecule has 1 saturated carbocycles. The van der Waals surface area contributed by atoms with Gasteiger partial charge >= 0.3 is 0 Å². The zero-order valence-corrected chi connectivity index (χ0v) is 20.2. The van der Waals surface area contributed by atoms with Crippen molar-refractivity contribution in [2.24, 2.45) is 5.41 Å². The molecule has 0 unspecified atom stereocenters. The van der Waals surface area contributed by atoms with Gasteiger partial charge in [-0.2, -0.15) is 0 Å². The first kappa shape index (κ1) is 24.4. The highest BCUT2D eigenvalue weighted by Gasteiger charge is 2.36. The van der Waals surface area contributed by atoms with Gasteiger partial charge in [0.1, 0.15) is 12.4 Å². The van der Waals surface area contributed by atoms with Crippen molar-refractivity contribution in [3.8, 4) is 16.9 Å². The molecule has 2 atom stereocenters. The van der Waals surface area contributed by atoms with Crippen LogP contribution >= 0.6 is 0 Å². The molecule has 1 N–H and O–H groups in total. The Morgan fingerprint density at radius 1 is 0.971 bits per heavy atom. The van der Waals surface area contributed by atoms with Crippen LogP contribution in [-0.2, 0) is 23.1 Å². The second kappa shape index (κ2) is 9.84. The number of hydrogen-bond acceptors (Lipinski definition) is 3. The van der Waals surface area contributed by atoms with Crippen molar-refractivity contribution in [1.82, 2.24) is 4.72 Å². The van der Waals surface area contributed by atoms with Crippen molar-refractivity contribution >= 4 is 10.0 Å². The Kier molecular flexibility index (Phi) is 7.05. The summed E-state index contributed by atoms with van der Waals surface area (Å²) in [5, 5.41) is 0. The van der Waals surface area contributed by atoms with E-state index in [0.717, 1.165) is 24.0 Å². The topological polar surface area (TPSA) is 55.4 Å². The molecule has 4 rings (SSSR count). The van der Waals surface area contributed by atoms with Crippen LogP contribution in [0.2, 0.25) is 0 Å². The third-order valence-electron chi connectivity index (χ3n) is 6.36. The minimum atomic E-state index is -3.26. The van der Waals surface area contributed by atoms with Gasteiger partial charge in [-0.05, 0) is 60.4 Å². The average molecular weight is 486 g/mol. The fraction of sp³-hybridized carbons (Fsp3) is 0.333. The van der Waals surface area contributed by atoms with Crippen molar-refractivity contribution in [3.63, 3.8) is 0 Å². The third-order valence-corrected chi connectivity index (χ3v) is 7.12. The van der Waals surface area contributed by atoms with Crippen LogP contribution in [0.25, 0.3) is 11.1 Å². The summed E-state index contributed by atoms with van der Waals surface area (Å²) in [6, 6.07) is 18.7. The van der Waals surface area contributed by atoms with E-state index >= 15 is 0 Å². The largest absolute Gasteiger partial charge is 0.485 e. The molecule has 0 spiro atoms. The Labute approximate surface area is 200 Å². The van der Waals surface area contributed by atoms with E-state index in [2.05, 4.69) is 11.6 Å². The molecule has 1 aliphatic carbocycles. The van der Waals surface area contributed by atoms with Crippen LogP contribution in [0.4, 0.5) is 8.78 Å². The molecule has 1 aliphatic rings. The van der Waals surface area contributed by atoms with E-state index in [9.17, 15) is 17.2 Å². The van der Waals surface area contributed by atoms with Gasteiger partial charge in [0.25, 0.3) is 0 Å². The highest BCUT2D eigenvalue weighted by atomic mass is 32.2. The van der Waals surface area contributed by atoms with Gasteiger partial charge in [-0.1, -0.05) is 55.5 Å². The van der Waals surface area contributed by atoms with E-state index in [1.54, 1.807) is 24.3 Å². The quantitative estimate of drug-likeness (QED) is 0.435. The van der Waals surface area contributed by atoms with E-state index in [4.69, 9.17) is 4.74 Å². The van der Waals surface area contributed by atoms with Crippen LogP contribution in [0.3, 0.4) is 0 Å². The van der Waals surface area contributed by atoms with Crippen molar-refractivity contribution in [1.29, 1.82) is 0 Å². The van der Waals surface area contributed by atoms with Crippen molar-refractivity contribution in [2.45, 2.75) is 45.3 Å². The highest BCUT2D eigenvalue weighted by molar-refractivity contribution is 7.88. The summed E-state index contributed by atoms with van der Waals surface area (Å²) < 4.78 is 61.4. The molecule has 0 heterocycles. The Morgan fingerprint density at radius 3 is 2.47 bits per heavy atom. The number of ether oxygens (including phenoxy) is 1. The molecule has 34 heavy (non-hydrogen) atoms. The van der Waals surface area contributed by atoms with Gasteiger partial charge in [0, 0.05) is 17.2 Å². The van der Waals surface area contributed by atoms with E-state index < -0.39 is 21.7 Å². The SMILES string of the molecule is C[C@]1(Cc2ccc(F)c(-c3cccc(F)c3OCc3ccccc3)c2)CC[C@H](NS(C)(=O)=O)C1. The van der Waals surface area contributed by atoms with E-state index in [-0.39, 0.29) is 29.4 Å². The molecule has 3 aromatic carbocycles. The van der Waals surface area contributed by atoms with E-state index in [1.807, 2.05) is 30.3 Å². The van der Waals surface area contributed by atoms with Crippen LogP contribution in [0.15, 0.2) is 66.7 Å². The van der Waals surface area contributed by atoms with E-state index in [0.29, 0.717) is 18.4 Å². The number of hydrogen-bond donors (Lipinski definition) is 1. The summed E-state index contributed by atoms with van der Waals surface area (Å²) in [5.74, 6) is -0.977. The van der Waals surface area contributed by atoms with E-state index in [1.165, 1.54) is 18.4 Å². The number of benzene rings is 3. The van der Waals surface area contributed by atoms with Gasteiger partial charge < -0.3 is 4.74 Å². The summed E-state index contributed by atoms with van der Waals surface area (Å²) in [7, 11) is -3.26. The third kappa shape index (κ3) is 6.02. The smallest absolute Gasteiger partial charge is 0.208 e. The number of para-hydroxylation sites is 1. The van der Waals surface area contributed by atoms with Gasteiger partial charge in [-0.15, -0.1) is 0 Å². The first-order chi connectivity index (χ1) is 16.1. The molecule has 7 heteroatoms. The molecule has 0 saturated heterocycles. The molecule has 0 bridgehead atoms. The van der Waals surface area contributed by atoms with Crippen LogP contribution < -0.4 is 9.46 Å². The second-order valence-corrected chi connectivity index (χ2v) is 11.3. The van der Waals surface area contributed by atoms with Crippen LogP contribution in [0.5, 0.6) is 5.75 Å². The van der Waals surface area contributed by atoms with Gasteiger partial charge in [0.2, 0.25) is 10.0 Å². The maximum Gasteiger partial charge on any atom is 0.208 e. The number of rotatable bonds is 8. The zero-order chi connectivity index (χ0) is 24.3. The molecule has 0 radical (unpaired) electrons. The Hall–Kier alpha value is -2.77. The van der Waals surface area contributed by atoms with Crippen molar-refractivity contribution in [3.05, 3.63) is 89.5 Å². The fourth-order valence-electron chi connectivity index (χ4n) is 4.86. The molecular weight excluding hydrogens is 456 g/mol. The summed E-state index contributed by atoms with van der Waals surface area (Å²) in [6.45, 7) is 2.29. The number of sulfonamides is 1. The molecular formula is C27H29F2NO3S. The lowest BCUT2D eigenvalue weighted by Gasteiger charge is -2.25. The standard InChI is InChI=1S/C27H29F2NO3S/c1-27(14-13-21(17-27)30-34(2,31)32)16-20-11-12-24(28)23(15-20)22-9-6-10-25(29)26(22)33-18-19-7-4-3-5-8-19/h3-12,15,21,30H,13-14,16-18H2,1-2H3/t21-,27+/m0/s1. The van der Waals surface area contributed by atoms with Gasteiger partial charge in [0.15, 0.2) is 11.6 Å². The van der Waals surface area contributed by atoms with Gasteiger partial charge in [0.05, 0.1) is 6.26 Å². The minimum Gasteiger partial charge on any atom is -0.485 e. The first-order valence-electron chi connectivity index (χ1n) is 11.3. The minimum absolute atomic E-state index is 0.0203. The number of nitrogens with one attached hydrogen (secondary N) is 1. The lowest BCUT2D eigenvalue weighted by atomic mass is 9.81. The van der Waals surface area contributed by atoms with Crippen molar-refractivity contribution in [2.75, 3.05) is 6.26 Å². The molecule has 180 valence electrons.